The Morgan fingerprint density at radius 2 is 2.00 bits per heavy atom. The van der Waals surface area contributed by atoms with E-state index in [1.54, 1.807) is 6.92 Å². The van der Waals surface area contributed by atoms with Crippen molar-refractivity contribution in [3.63, 3.8) is 0 Å². The molecule has 0 amide bonds. The van der Waals surface area contributed by atoms with Crippen molar-refractivity contribution in [1.82, 2.24) is 0 Å². The largest absolute Gasteiger partial charge is 0.391 e. The van der Waals surface area contributed by atoms with E-state index in [0.717, 1.165) is 0 Å². The first-order chi connectivity index (χ1) is 5.52. The molecule has 0 aromatic carbocycles. The Labute approximate surface area is 84.7 Å². The van der Waals surface area contributed by atoms with E-state index in [1.165, 1.54) is 0 Å². The molecule has 0 aromatic rings. The van der Waals surface area contributed by atoms with Gasteiger partial charge in [0.1, 0.15) is 10.2 Å². The lowest BCUT2D eigenvalue weighted by Gasteiger charge is -2.36. The van der Waals surface area contributed by atoms with Crippen LogP contribution in [-0.4, -0.2) is 43.8 Å². The van der Waals surface area contributed by atoms with E-state index in [0.29, 0.717) is 0 Å². The Morgan fingerprint density at radius 3 is 2.50 bits per heavy atom. The van der Waals surface area contributed by atoms with Gasteiger partial charge in [0.05, 0.1) is 18.3 Å². The van der Waals surface area contributed by atoms with Gasteiger partial charge < -0.3 is 20.1 Å². The monoisotopic (exact) mass is 288 g/mol. The zero-order valence-corrected chi connectivity index (χ0v) is 8.88. The molecule has 1 fully saturated rings. The Kier molecular flexibility index (Phi) is 3.72. The molecule has 5 atom stereocenters. The molecule has 72 valence electrons. The van der Waals surface area contributed by atoms with E-state index in [-0.39, 0.29) is 10.5 Å². The maximum absolute atomic E-state index is 9.38. The molecule has 1 rings (SSSR count). The minimum Gasteiger partial charge on any atom is -0.391 e. The van der Waals surface area contributed by atoms with Crippen molar-refractivity contribution in [1.29, 1.82) is 0 Å². The Bertz CT molecular complexity index is 152. The first-order valence-corrected chi connectivity index (χ1v) is 5.10. The quantitative estimate of drug-likeness (QED) is 0.455. The minimum absolute atomic E-state index is 0.267. The Morgan fingerprint density at radius 1 is 1.42 bits per heavy atom. The van der Waals surface area contributed by atoms with Crippen LogP contribution in [0.3, 0.4) is 0 Å². The molecule has 0 radical (unpaired) electrons. The number of alkyl halides is 1. The molecule has 1 saturated heterocycles. The highest BCUT2D eigenvalue weighted by Crippen LogP contribution is 2.25. The van der Waals surface area contributed by atoms with E-state index < -0.39 is 24.4 Å². The lowest BCUT2D eigenvalue weighted by Crippen LogP contribution is -2.49. The number of aliphatic hydroxyl groups excluding tert-OH is 3. The van der Waals surface area contributed by atoms with Crippen molar-refractivity contribution in [3.8, 4) is 0 Å². The average molecular weight is 288 g/mol. The zero-order chi connectivity index (χ0) is 9.30. The molecule has 0 aliphatic carbocycles. The maximum Gasteiger partial charge on any atom is 0.135 e. The van der Waals surface area contributed by atoms with Gasteiger partial charge in [0.25, 0.3) is 0 Å². The first kappa shape index (κ1) is 10.6. The lowest BCUT2D eigenvalue weighted by atomic mass is 10.0. The van der Waals surface area contributed by atoms with Crippen LogP contribution in [0.1, 0.15) is 13.3 Å². The van der Waals surface area contributed by atoms with Crippen LogP contribution >= 0.6 is 22.6 Å². The summed E-state index contributed by atoms with van der Waals surface area (Å²) in [6.45, 7) is 1.56. The van der Waals surface area contributed by atoms with Gasteiger partial charge >= 0.3 is 0 Å². The zero-order valence-electron chi connectivity index (χ0n) is 6.72. The molecule has 0 saturated carbocycles. The van der Waals surface area contributed by atoms with E-state index in [2.05, 4.69) is 0 Å². The number of aliphatic hydroxyl groups is 3. The van der Waals surface area contributed by atoms with Crippen molar-refractivity contribution >= 4 is 22.6 Å². The molecule has 12 heavy (non-hydrogen) atoms. The molecule has 1 aliphatic rings. The molecule has 0 spiro atoms. The third-order valence-electron chi connectivity index (χ3n) is 1.93. The summed E-state index contributed by atoms with van der Waals surface area (Å²) in [5.74, 6) is 0. The fourth-order valence-electron chi connectivity index (χ4n) is 1.26. The second-order valence-corrected chi connectivity index (χ2v) is 4.29. The molecule has 1 heterocycles. The highest BCUT2D eigenvalue weighted by atomic mass is 127. The summed E-state index contributed by atoms with van der Waals surface area (Å²) in [5.41, 5.74) is 0. The molecule has 1 aliphatic heterocycles. The van der Waals surface area contributed by atoms with Gasteiger partial charge in [-0.3, -0.25) is 0 Å². The number of rotatable bonds is 1. The molecular weight excluding hydrogens is 275 g/mol. The van der Waals surface area contributed by atoms with Crippen LogP contribution in [0.5, 0.6) is 0 Å². The first-order valence-electron chi connectivity index (χ1n) is 3.86. The van der Waals surface area contributed by atoms with E-state index >= 15 is 0 Å². The highest BCUT2D eigenvalue weighted by Gasteiger charge is 2.37. The SMILES string of the molecule is CC(O)C1OC(I)C(O)C[C@@H]1O. The number of hydrogen-bond donors (Lipinski definition) is 3. The molecule has 4 unspecified atom stereocenters. The fraction of sp³-hybridized carbons (Fsp3) is 1.00. The summed E-state index contributed by atoms with van der Waals surface area (Å²) in [4.78, 5) is 0. The van der Waals surface area contributed by atoms with Crippen LogP contribution in [0, 0.1) is 0 Å². The van der Waals surface area contributed by atoms with Crippen molar-refractivity contribution < 1.29 is 20.1 Å². The van der Waals surface area contributed by atoms with Gasteiger partial charge in [-0.05, 0) is 29.5 Å². The molecule has 4 nitrogen and oxygen atoms in total. The maximum atomic E-state index is 9.38. The topological polar surface area (TPSA) is 69.9 Å². The summed E-state index contributed by atoms with van der Waals surface area (Å²) in [6, 6.07) is 0. The fourth-order valence-corrected chi connectivity index (χ4v) is 1.89. The van der Waals surface area contributed by atoms with E-state index in [4.69, 9.17) is 4.74 Å². The third-order valence-corrected chi connectivity index (χ3v) is 3.05. The van der Waals surface area contributed by atoms with E-state index in [9.17, 15) is 15.3 Å². The lowest BCUT2D eigenvalue weighted by molar-refractivity contribution is -0.163. The van der Waals surface area contributed by atoms with E-state index in [1.807, 2.05) is 22.6 Å². The number of ether oxygens (including phenoxy) is 1. The molecular formula is C7H13IO4. The summed E-state index contributed by atoms with van der Waals surface area (Å²) in [7, 11) is 0. The summed E-state index contributed by atoms with van der Waals surface area (Å²) >= 11 is 1.95. The van der Waals surface area contributed by atoms with Gasteiger partial charge in [0.15, 0.2) is 0 Å². The van der Waals surface area contributed by atoms with Crippen LogP contribution in [0.2, 0.25) is 0 Å². The second-order valence-electron chi connectivity index (χ2n) is 3.06. The van der Waals surface area contributed by atoms with Crippen molar-refractivity contribution in [2.24, 2.45) is 0 Å². The van der Waals surface area contributed by atoms with Crippen molar-refractivity contribution in [2.75, 3.05) is 0 Å². The van der Waals surface area contributed by atoms with Gasteiger partial charge in [-0.15, -0.1) is 0 Å². The van der Waals surface area contributed by atoms with Crippen LogP contribution in [0.25, 0.3) is 0 Å². The predicted octanol–water partition coefficient (Wildman–Crippen LogP) is -0.361. The summed E-state index contributed by atoms with van der Waals surface area (Å²) < 4.78 is 4.87. The van der Waals surface area contributed by atoms with Gasteiger partial charge in [-0.2, -0.15) is 0 Å². The number of halogens is 1. The summed E-state index contributed by atoms with van der Waals surface area (Å²) in [5, 5.41) is 27.8. The average Bonchev–Trinajstić information content (AvgIpc) is 1.96. The standard InChI is InChI=1S/C7H13IO4/c1-3(9)6-4(10)2-5(11)7(8)12-6/h3-7,9-11H,2H2,1H3/t3?,4-,5?,6?,7?/m0/s1. The van der Waals surface area contributed by atoms with Crippen LogP contribution in [0.4, 0.5) is 0 Å². The minimum atomic E-state index is -0.772. The van der Waals surface area contributed by atoms with Crippen LogP contribution in [0.15, 0.2) is 0 Å². The highest BCUT2D eigenvalue weighted by molar-refractivity contribution is 14.1. The van der Waals surface area contributed by atoms with Crippen LogP contribution < -0.4 is 0 Å². The molecule has 0 bridgehead atoms. The second kappa shape index (κ2) is 4.19. The molecule has 5 heteroatoms. The van der Waals surface area contributed by atoms with Crippen molar-refractivity contribution in [2.45, 2.75) is 41.9 Å². The Balaban J connectivity index is 2.55. The number of hydrogen-bond acceptors (Lipinski definition) is 4. The van der Waals surface area contributed by atoms with Gasteiger partial charge in [-0.25, -0.2) is 0 Å². The Hall–Kier alpha value is 0.570. The summed E-state index contributed by atoms with van der Waals surface area (Å²) in [6.07, 6.45) is -2.43. The van der Waals surface area contributed by atoms with Crippen LogP contribution in [-0.2, 0) is 4.74 Å². The molecule has 3 N–H and O–H groups in total. The molecule has 0 aromatic heterocycles. The van der Waals surface area contributed by atoms with Gasteiger partial charge in [0.2, 0.25) is 0 Å². The van der Waals surface area contributed by atoms with Crippen molar-refractivity contribution in [3.05, 3.63) is 0 Å². The van der Waals surface area contributed by atoms with Gasteiger partial charge in [-0.1, -0.05) is 0 Å². The normalized spacial score (nSPS) is 45.8. The third kappa shape index (κ3) is 2.29. The van der Waals surface area contributed by atoms with Gasteiger partial charge in [0, 0.05) is 6.42 Å². The predicted molar refractivity (Wildman–Crippen MR) is 51.0 cm³/mol. The smallest absolute Gasteiger partial charge is 0.135 e.